The molecular weight excluding hydrogens is 344 g/mol. The molecule has 0 saturated heterocycles. The van der Waals surface area contributed by atoms with E-state index in [4.69, 9.17) is 9.47 Å². The zero-order chi connectivity index (χ0) is 20.3. The van der Waals surface area contributed by atoms with Gasteiger partial charge in [0.15, 0.2) is 17.3 Å². The lowest BCUT2D eigenvalue weighted by atomic mass is 10.0. The average Bonchev–Trinajstić information content (AvgIpc) is 2.90. The zero-order valence-electron chi connectivity index (χ0n) is 17.2. The molecule has 6 nitrogen and oxygen atoms in total. The summed E-state index contributed by atoms with van der Waals surface area (Å²) in [5.41, 5.74) is 4.82. The number of carbonyl (C=O) groups excluding carboxylic acids is 2. The van der Waals surface area contributed by atoms with Crippen molar-refractivity contribution in [1.82, 2.24) is 4.98 Å². The molecule has 1 aromatic carbocycles. The van der Waals surface area contributed by atoms with E-state index < -0.39 is 0 Å². The van der Waals surface area contributed by atoms with Crippen molar-refractivity contribution in [3.63, 3.8) is 0 Å². The molecule has 1 heterocycles. The summed E-state index contributed by atoms with van der Waals surface area (Å²) < 4.78 is 10.7. The first-order valence-corrected chi connectivity index (χ1v) is 8.95. The Morgan fingerprint density at radius 3 is 2.19 bits per heavy atom. The van der Waals surface area contributed by atoms with Crippen LogP contribution in [0.3, 0.4) is 0 Å². The Morgan fingerprint density at radius 1 is 1.07 bits per heavy atom. The molecule has 1 aromatic heterocycles. The van der Waals surface area contributed by atoms with Crippen LogP contribution < -0.4 is 14.4 Å². The Kier molecular flexibility index (Phi) is 6.44. The molecule has 1 atom stereocenters. The molecule has 0 aliphatic rings. The van der Waals surface area contributed by atoms with Gasteiger partial charge in [0.05, 0.1) is 27.0 Å². The van der Waals surface area contributed by atoms with Gasteiger partial charge in [-0.25, -0.2) is 0 Å². The number of hydrogen-bond acceptors (Lipinski definition) is 4. The van der Waals surface area contributed by atoms with E-state index in [1.165, 1.54) is 6.92 Å². The van der Waals surface area contributed by atoms with Crippen LogP contribution >= 0.6 is 0 Å². The fraction of sp³-hybridized carbons (Fsp3) is 0.429. The third-order valence-electron chi connectivity index (χ3n) is 4.87. The van der Waals surface area contributed by atoms with Gasteiger partial charge in [-0.15, -0.1) is 0 Å². The normalized spacial score (nSPS) is 12.0. The molecule has 2 aromatic rings. The molecule has 0 aliphatic heterocycles. The summed E-state index contributed by atoms with van der Waals surface area (Å²) in [5, 5.41) is 0. The lowest BCUT2D eigenvalue weighted by Crippen LogP contribution is -3.08. The summed E-state index contributed by atoms with van der Waals surface area (Å²) in [4.78, 5) is 28.7. The molecule has 146 valence electrons. The van der Waals surface area contributed by atoms with Crippen molar-refractivity contribution in [3.8, 4) is 11.5 Å². The van der Waals surface area contributed by atoms with Crippen LogP contribution in [0.2, 0.25) is 0 Å². The summed E-state index contributed by atoms with van der Waals surface area (Å²) in [5.74, 6) is 1.35. The number of likely N-dealkylation sites (N-methyl/N-ethyl adjacent to an activating group) is 1. The highest BCUT2D eigenvalue weighted by Crippen LogP contribution is 2.29. The van der Waals surface area contributed by atoms with Crippen molar-refractivity contribution in [2.24, 2.45) is 0 Å². The Hall–Kier alpha value is -2.60. The average molecular weight is 373 g/mol. The van der Waals surface area contributed by atoms with Gasteiger partial charge in [-0.3, -0.25) is 9.59 Å². The van der Waals surface area contributed by atoms with Crippen molar-refractivity contribution in [2.75, 3.05) is 27.8 Å². The number of aryl methyl sites for hydroxylation is 2. The molecule has 6 heteroatoms. The molecule has 27 heavy (non-hydrogen) atoms. The predicted octanol–water partition coefficient (Wildman–Crippen LogP) is 2.06. The number of benzene rings is 1. The van der Waals surface area contributed by atoms with Crippen molar-refractivity contribution in [2.45, 2.75) is 34.2 Å². The van der Waals surface area contributed by atoms with Crippen molar-refractivity contribution >= 4 is 11.6 Å². The SMILES string of the molecule is COc1cc(C)c(C[NH+](C)CC(=O)c2[nH]c(C)c(C(C)=O)c2C)cc1OC. The fourth-order valence-corrected chi connectivity index (χ4v) is 3.52. The van der Waals surface area contributed by atoms with Gasteiger partial charge in [0.2, 0.25) is 5.78 Å². The smallest absolute Gasteiger partial charge is 0.233 e. The van der Waals surface area contributed by atoms with Gasteiger partial charge in [-0.1, -0.05) is 0 Å². The standard InChI is InChI=1S/C21H28N2O4/c1-12-8-18(26-6)19(27-7)9-16(12)10-23(5)11-17(25)21-13(2)20(15(4)24)14(3)22-21/h8-9,22H,10-11H2,1-7H3/p+1. The third-order valence-corrected chi connectivity index (χ3v) is 4.87. The number of rotatable bonds is 8. The Bertz CT molecular complexity index is 868. The van der Waals surface area contributed by atoms with Gasteiger partial charge < -0.3 is 19.4 Å². The molecule has 0 saturated carbocycles. The predicted molar refractivity (Wildman–Crippen MR) is 104 cm³/mol. The molecule has 0 fully saturated rings. The number of Topliss-reactive ketones (excluding diaryl/α,β-unsaturated/α-hetero) is 2. The first kappa shape index (κ1) is 20.7. The summed E-state index contributed by atoms with van der Waals surface area (Å²) >= 11 is 0. The number of ether oxygens (including phenoxy) is 2. The number of hydrogen-bond donors (Lipinski definition) is 2. The van der Waals surface area contributed by atoms with E-state index >= 15 is 0 Å². The van der Waals surface area contributed by atoms with Gasteiger partial charge in [0.1, 0.15) is 13.1 Å². The minimum Gasteiger partial charge on any atom is -0.493 e. The van der Waals surface area contributed by atoms with E-state index in [0.717, 1.165) is 27.3 Å². The largest absolute Gasteiger partial charge is 0.493 e. The maximum absolute atomic E-state index is 12.8. The van der Waals surface area contributed by atoms with Gasteiger partial charge in [-0.05, 0) is 51.0 Å². The van der Waals surface area contributed by atoms with Gasteiger partial charge in [-0.2, -0.15) is 0 Å². The summed E-state index contributed by atoms with van der Waals surface area (Å²) in [7, 11) is 5.20. The number of ketones is 2. The third kappa shape index (κ3) is 4.39. The second kappa shape index (κ2) is 8.39. The van der Waals surface area contributed by atoms with Crippen LogP contribution in [-0.2, 0) is 6.54 Å². The molecule has 0 bridgehead atoms. The molecular formula is C21H29N2O4+. The van der Waals surface area contributed by atoms with E-state index in [2.05, 4.69) is 4.98 Å². The van der Waals surface area contributed by atoms with E-state index in [1.807, 2.05) is 40.0 Å². The lowest BCUT2D eigenvalue weighted by Gasteiger charge is -2.17. The Labute approximate surface area is 160 Å². The van der Waals surface area contributed by atoms with Crippen LogP contribution in [0.25, 0.3) is 0 Å². The minimum atomic E-state index is -0.0260. The van der Waals surface area contributed by atoms with Crippen molar-refractivity contribution < 1.29 is 24.0 Å². The van der Waals surface area contributed by atoms with Crippen LogP contribution in [0.4, 0.5) is 0 Å². The van der Waals surface area contributed by atoms with Gasteiger partial charge in [0.25, 0.3) is 0 Å². The topological polar surface area (TPSA) is 72.8 Å². The second-order valence-corrected chi connectivity index (χ2v) is 7.05. The van der Waals surface area contributed by atoms with E-state index in [0.29, 0.717) is 35.8 Å². The molecule has 0 radical (unpaired) electrons. The van der Waals surface area contributed by atoms with Crippen LogP contribution in [0.1, 0.15) is 50.2 Å². The number of aromatic nitrogens is 1. The lowest BCUT2D eigenvalue weighted by molar-refractivity contribution is -0.884. The van der Waals surface area contributed by atoms with Crippen molar-refractivity contribution in [1.29, 1.82) is 0 Å². The van der Waals surface area contributed by atoms with Crippen LogP contribution in [0.5, 0.6) is 11.5 Å². The number of H-pyrrole nitrogens is 1. The van der Waals surface area contributed by atoms with E-state index in [-0.39, 0.29) is 11.6 Å². The van der Waals surface area contributed by atoms with Crippen LogP contribution in [0.15, 0.2) is 12.1 Å². The van der Waals surface area contributed by atoms with Crippen LogP contribution in [-0.4, -0.2) is 44.4 Å². The number of nitrogens with one attached hydrogen (secondary N) is 2. The van der Waals surface area contributed by atoms with Crippen LogP contribution in [0, 0.1) is 20.8 Å². The van der Waals surface area contributed by atoms with Gasteiger partial charge in [0, 0.05) is 16.8 Å². The van der Waals surface area contributed by atoms with E-state index in [1.54, 1.807) is 14.2 Å². The highest BCUT2D eigenvalue weighted by Gasteiger charge is 2.22. The quantitative estimate of drug-likeness (QED) is 0.695. The summed E-state index contributed by atoms with van der Waals surface area (Å²) in [6, 6.07) is 3.90. The van der Waals surface area contributed by atoms with Crippen molar-refractivity contribution in [3.05, 3.63) is 45.8 Å². The highest BCUT2D eigenvalue weighted by atomic mass is 16.5. The minimum absolute atomic E-state index is 0.00118. The number of aromatic amines is 1. The highest BCUT2D eigenvalue weighted by molar-refractivity contribution is 6.03. The molecule has 2 rings (SSSR count). The number of carbonyl (C=O) groups is 2. The fourth-order valence-electron chi connectivity index (χ4n) is 3.52. The van der Waals surface area contributed by atoms with Gasteiger partial charge >= 0.3 is 0 Å². The zero-order valence-corrected chi connectivity index (χ0v) is 17.2. The Balaban J connectivity index is 2.17. The monoisotopic (exact) mass is 373 g/mol. The molecule has 0 spiro atoms. The molecule has 2 N–H and O–H groups in total. The second-order valence-electron chi connectivity index (χ2n) is 7.05. The summed E-state index contributed by atoms with van der Waals surface area (Å²) in [6.45, 7) is 8.19. The Morgan fingerprint density at radius 2 is 1.67 bits per heavy atom. The molecule has 1 unspecified atom stereocenters. The molecule has 0 amide bonds. The first-order valence-electron chi connectivity index (χ1n) is 8.95. The maximum atomic E-state index is 12.8. The van der Waals surface area contributed by atoms with E-state index in [9.17, 15) is 9.59 Å². The number of methoxy groups -OCH3 is 2. The summed E-state index contributed by atoms with van der Waals surface area (Å²) in [6.07, 6.45) is 0. The molecule has 0 aliphatic carbocycles. The number of quaternary nitrogens is 1. The maximum Gasteiger partial charge on any atom is 0.233 e. The first-order chi connectivity index (χ1) is 12.7.